The van der Waals surface area contributed by atoms with Gasteiger partial charge in [0.25, 0.3) is 11.5 Å². The molecular weight excluding hydrogens is 558 g/mol. The third kappa shape index (κ3) is 8.43. The van der Waals surface area contributed by atoms with Gasteiger partial charge in [-0.05, 0) is 44.9 Å². The maximum absolute atomic E-state index is 13.4. The van der Waals surface area contributed by atoms with Gasteiger partial charge in [-0.2, -0.15) is 5.26 Å². The van der Waals surface area contributed by atoms with E-state index in [-0.39, 0.29) is 23.5 Å². The summed E-state index contributed by atoms with van der Waals surface area (Å²) < 4.78 is 2.21. The number of carboxylic acid groups (broad SMARTS) is 1. The zero-order valence-electron chi connectivity index (χ0n) is 24.6. The van der Waals surface area contributed by atoms with Crippen molar-refractivity contribution in [3.8, 4) is 6.07 Å². The monoisotopic (exact) mass is 601 g/mol. The Bertz CT molecular complexity index is 1240. The Morgan fingerprint density at radius 2 is 1.61 bits per heavy atom. The van der Waals surface area contributed by atoms with E-state index >= 15 is 0 Å². The number of carbonyl (C=O) groups excluding carboxylic acids is 1. The quantitative estimate of drug-likeness (QED) is 0.169. The summed E-state index contributed by atoms with van der Waals surface area (Å²) in [6.45, 7) is 11.1. The van der Waals surface area contributed by atoms with Gasteiger partial charge in [-0.15, -0.1) is 0 Å². The molecule has 3 heterocycles. The summed E-state index contributed by atoms with van der Waals surface area (Å²) in [6.07, 6.45) is 9.99. The lowest BCUT2D eigenvalue weighted by molar-refractivity contribution is -0.137. The van der Waals surface area contributed by atoms with E-state index in [0.29, 0.717) is 27.9 Å². The molecule has 2 aliphatic rings. The van der Waals surface area contributed by atoms with Crippen LogP contribution < -0.4 is 10.5 Å². The fourth-order valence-corrected chi connectivity index (χ4v) is 6.78. The predicted molar refractivity (Wildman–Crippen MR) is 169 cm³/mol. The van der Waals surface area contributed by atoms with Crippen LogP contribution in [0, 0.1) is 18.3 Å². The molecule has 1 aromatic rings. The van der Waals surface area contributed by atoms with E-state index in [9.17, 15) is 19.6 Å². The molecule has 0 aliphatic carbocycles. The maximum atomic E-state index is 13.4. The Kier molecular flexibility index (Phi) is 12.9. The number of thiocarbonyl (C=S) groups is 1. The molecule has 224 valence electrons. The lowest BCUT2D eigenvalue weighted by Gasteiger charge is -2.37. The topological polar surface area (TPSA) is 110 Å². The maximum Gasteiger partial charge on any atom is 0.303 e. The van der Waals surface area contributed by atoms with E-state index in [4.69, 9.17) is 17.3 Å². The van der Waals surface area contributed by atoms with Crippen molar-refractivity contribution < 1.29 is 14.7 Å². The number of carbonyl (C=O) groups is 2. The minimum absolute atomic E-state index is 0.117. The van der Waals surface area contributed by atoms with Gasteiger partial charge in [-0.3, -0.25) is 23.9 Å². The molecule has 1 N–H and O–H groups in total. The van der Waals surface area contributed by atoms with Crippen molar-refractivity contribution in [2.45, 2.75) is 85.1 Å². The van der Waals surface area contributed by atoms with Crippen LogP contribution in [0.1, 0.15) is 88.3 Å². The molecule has 2 fully saturated rings. The van der Waals surface area contributed by atoms with Crippen LogP contribution in [-0.2, 0) is 16.1 Å². The number of nitrogens with zero attached hydrogens (tertiary/aromatic N) is 5. The Morgan fingerprint density at radius 1 is 1.00 bits per heavy atom. The van der Waals surface area contributed by atoms with Gasteiger partial charge in [0.15, 0.2) is 0 Å². The molecule has 0 radical (unpaired) electrons. The molecule has 11 heteroatoms. The van der Waals surface area contributed by atoms with Gasteiger partial charge in [0.05, 0.1) is 4.91 Å². The van der Waals surface area contributed by atoms with E-state index in [1.807, 2.05) is 13.0 Å². The summed E-state index contributed by atoms with van der Waals surface area (Å²) in [5.41, 5.74) is 1.18. The van der Waals surface area contributed by atoms with Crippen LogP contribution in [0.4, 0.5) is 5.82 Å². The van der Waals surface area contributed by atoms with E-state index < -0.39 is 5.97 Å². The van der Waals surface area contributed by atoms with Crippen molar-refractivity contribution in [1.82, 2.24) is 14.4 Å². The van der Waals surface area contributed by atoms with Crippen LogP contribution in [0.15, 0.2) is 9.70 Å². The second kappa shape index (κ2) is 16.1. The summed E-state index contributed by atoms with van der Waals surface area (Å²) in [7, 11) is 0. The fraction of sp³-hybridized carbons (Fsp3) is 0.633. The van der Waals surface area contributed by atoms with Crippen LogP contribution in [-0.4, -0.2) is 74.9 Å². The summed E-state index contributed by atoms with van der Waals surface area (Å²) in [4.78, 5) is 44.0. The molecule has 0 unspecified atom stereocenters. The molecule has 0 bridgehead atoms. The summed E-state index contributed by atoms with van der Waals surface area (Å²) >= 11 is 6.87. The van der Waals surface area contributed by atoms with Gasteiger partial charge < -0.3 is 14.9 Å². The number of carboxylic acids is 1. The largest absolute Gasteiger partial charge is 0.481 e. The zero-order chi connectivity index (χ0) is 29.9. The normalized spacial score (nSPS) is 17.1. The molecule has 0 aromatic carbocycles. The van der Waals surface area contributed by atoms with Gasteiger partial charge >= 0.3 is 5.97 Å². The van der Waals surface area contributed by atoms with Crippen LogP contribution >= 0.6 is 24.0 Å². The molecule has 2 saturated heterocycles. The second-order valence-corrected chi connectivity index (χ2v) is 12.3. The van der Waals surface area contributed by atoms with Crippen molar-refractivity contribution in [3.63, 3.8) is 0 Å². The van der Waals surface area contributed by atoms with Crippen molar-refractivity contribution >= 4 is 52.1 Å². The SMILES string of the molecule is CCN1CCN(c2c(/C=C3\SC(=S)N(CCCCCCCCCCC(=O)O)C3=O)c(C)c(C#N)c(=O)n2CC)CC1. The highest BCUT2D eigenvalue weighted by Gasteiger charge is 2.33. The molecular formula is C30H43N5O4S2. The number of aliphatic carboxylic acids is 1. The number of aromatic nitrogens is 1. The third-order valence-corrected chi connectivity index (χ3v) is 9.33. The van der Waals surface area contributed by atoms with Gasteiger partial charge in [0.2, 0.25) is 0 Å². The fourth-order valence-electron chi connectivity index (χ4n) is 5.48. The molecule has 1 amide bonds. The van der Waals surface area contributed by atoms with Crippen molar-refractivity contribution in [2.75, 3.05) is 44.2 Å². The lowest BCUT2D eigenvalue weighted by atomic mass is 10.0. The summed E-state index contributed by atoms with van der Waals surface area (Å²) in [5.74, 6) is -0.0706. The second-order valence-electron chi connectivity index (χ2n) is 10.6. The molecule has 0 spiro atoms. The first kappa shape index (κ1) is 32.8. The zero-order valence-corrected chi connectivity index (χ0v) is 26.2. The number of anilines is 1. The van der Waals surface area contributed by atoms with Gasteiger partial charge in [0, 0.05) is 51.3 Å². The average molecular weight is 602 g/mol. The van der Waals surface area contributed by atoms with E-state index in [2.05, 4.69) is 22.8 Å². The molecule has 1 aromatic heterocycles. The molecule has 9 nitrogen and oxygen atoms in total. The number of unbranched alkanes of at least 4 members (excludes halogenated alkanes) is 7. The minimum atomic E-state index is -0.728. The van der Waals surface area contributed by atoms with Crippen LogP contribution in [0.2, 0.25) is 0 Å². The molecule has 0 saturated carbocycles. The minimum Gasteiger partial charge on any atom is -0.481 e. The Balaban J connectivity index is 1.70. The number of amides is 1. The van der Waals surface area contributed by atoms with Crippen molar-refractivity contribution in [3.05, 3.63) is 31.9 Å². The highest BCUT2D eigenvalue weighted by Crippen LogP contribution is 2.36. The predicted octanol–water partition coefficient (Wildman–Crippen LogP) is 4.99. The van der Waals surface area contributed by atoms with E-state index in [0.717, 1.165) is 95.5 Å². The molecule has 0 atom stereocenters. The molecule has 3 rings (SSSR count). The standard InChI is InChI=1S/C30H43N5O4S2/c1-4-32-16-18-33(19-17-32)27-23(22(3)24(21-31)28(38)34(27)5-2)20-25-29(39)35(30(40)41-25)15-13-11-9-7-6-8-10-12-14-26(36)37/h20H,4-19H2,1-3H3,(H,36,37)/b25-20-. The number of hydrogen-bond acceptors (Lipinski definition) is 8. The van der Waals surface area contributed by atoms with E-state index in [1.54, 1.807) is 16.4 Å². The highest BCUT2D eigenvalue weighted by molar-refractivity contribution is 8.26. The first-order valence-electron chi connectivity index (χ1n) is 14.8. The summed E-state index contributed by atoms with van der Waals surface area (Å²) in [6, 6.07) is 2.10. The highest BCUT2D eigenvalue weighted by atomic mass is 32.2. The smallest absolute Gasteiger partial charge is 0.303 e. The Hall–Kier alpha value is -2.68. The first-order chi connectivity index (χ1) is 19.7. The van der Waals surface area contributed by atoms with Crippen LogP contribution in [0.5, 0.6) is 0 Å². The number of nitriles is 1. The molecule has 41 heavy (non-hydrogen) atoms. The van der Waals surface area contributed by atoms with Crippen LogP contribution in [0.3, 0.4) is 0 Å². The number of likely N-dealkylation sites (N-methyl/N-ethyl adjacent to an activating group) is 1. The average Bonchev–Trinajstić information content (AvgIpc) is 3.22. The number of rotatable bonds is 15. The number of pyridine rings is 1. The van der Waals surface area contributed by atoms with Gasteiger partial charge in [-0.25, -0.2) is 0 Å². The lowest BCUT2D eigenvalue weighted by Crippen LogP contribution is -2.48. The Labute approximate surface area is 253 Å². The van der Waals surface area contributed by atoms with Crippen LogP contribution in [0.25, 0.3) is 6.08 Å². The summed E-state index contributed by atoms with van der Waals surface area (Å²) in [5, 5.41) is 18.5. The number of piperazine rings is 1. The van der Waals surface area contributed by atoms with E-state index in [1.165, 1.54) is 11.8 Å². The number of thioether (sulfide) groups is 1. The Morgan fingerprint density at radius 3 is 2.17 bits per heavy atom. The van der Waals surface area contributed by atoms with Crippen molar-refractivity contribution in [2.24, 2.45) is 0 Å². The van der Waals surface area contributed by atoms with Gasteiger partial charge in [-0.1, -0.05) is 69.4 Å². The number of hydrogen-bond donors (Lipinski definition) is 1. The first-order valence-corrected chi connectivity index (χ1v) is 16.1. The third-order valence-electron chi connectivity index (χ3n) is 7.95. The van der Waals surface area contributed by atoms with Crippen molar-refractivity contribution in [1.29, 1.82) is 5.26 Å². The molecule has 2 aliphatic heterocycles. The van der Waals surface area contributed by atoms with Gasteiger partial charge in [0.1, 0.15) is 21.8 Å².